The number of aromatic nitrogens is 8. The maximum Gasteiger partial charge on any atom is 0.220 e. The van der Waals surface area contributed by atoms with E-state index in [0.29, 0.717) is 39.3 Å². The summed E-state index contributed by atoms with van der Waals surface area (Å²) in [5.74, 6) is 7.08. The van der Waals surface area contributed by atoms with E-state index in [1.165, 1.54) is 191 Å². The molecule has 0 atom stereocenters. The second-order valence-electron chi connectivity index (χ2n) is 42.9. The molecule has 0 fully saturated rings. The van der Waals surface area contributed by atoms with Gasteiger partial charge in [0, 0.05) is 86.0 Å². The first-order valence-electron chi connectivity index (χ1n) is 43.0. The molecule has 1 amide bonds. The van der Waals surface area contributed by atoms with Gasteiger partial charge in [-0.1, -0.05) is 350 Å². The molecule has 0 saturated heterocycles. The summed E-state index contributed by atoms with van der Waals surface area (Å²) in [6, 6.07) is 2.18. The number of rotatable bonds is 42. The number of aryl methyl sites for hydroxylation is 3. The Labute approximate surface area is 654 Å². The molecule has 11 heteroatoms. The standard InChI is InChI=1S/C21H41NO2.C20H40.C19H36N2.C17H29N3.C17H33N3/c1-20(2,3)17-19(24)22-16-14-12-10-8-7-9-11-13-15-18(23)21(4,5)6;1-18(20(5,6)7)16-14-12-10-8-9-11-13-15-17-19(2,3)4;1-18(2,3)13-10-8-7-9-11-15-21-17(12-14-20-21)16-19(4,5)6;1-16(2,3)11-9-7-8-10-12-20-14-15(18-19-20)13-17(4,5)6;1-16(2,3)12-10-8-7-9-11-13-20-14-15(18-19-20)17(4,5)6/h7-17H2,1-6H3,(H,22,24);1,8-17H2,2-7H3;12,14H,7-11,13,15-16H2,1-6H3;14H,7-8,10,12-13H2,1-6H3;14H,7-13H2,1-6H3. The third kappa shape index (κ3) is 70.1. The fraction of sp³-hybridized carbons (Fsp3) is 0.862. The molecular weight excluding hydrogens is 1290 g/mol. The van der Waals surface area contributed by atoms with Crippen molar-refractivity contribution in [3.8, 4) is 11.8 Å². The molecule has 1 N–H and O–H groups in total. The van der Waals surface area contributed by atoms with Gasteiger partial charge in [-0.15, -0.1) is 16.1 Å². The van der Waals surface area contributed by atoms with Crippen LogP contribution in [-0.2, 0) is 47.5 Å². The number of carbonyl (C=O) groups is 2. The van der Waals surface area contributed by atoms with E-state index in [-0.39, 0.29) is 33.0 Å². The van der Waals surface area contributed by atoms with E-state index >= 15 is 0 Å². The van der Waals surface area contributed by atoms with Crippen LogP contribution < -0.4 is 5.32 Å². The fourth-order valence-corrected chi connectivity index (χ4v) is 11.8. The van der Waals surface area contributed by atoms with Gasteiger partial charge in [-0.3, -0.25) is 23.6 Å². The summed E-state index contributed by atoms with van der Waals surface area (Å²) in [4.78, 5) is 23.5. The van der Waals surface area contributed by atoms with E-state index in [1.807, 2.05) is 36.3 Å². The van der Waals surface area contributed by atoms with Gasteiger partial charge < -0.3 is 5.32 Å². The number of hydrogen-bond donors (Lipinski definition) is 1. The fourth-order valence-electron chi connectivity index (χ4n) is 11.8. The highest BCUT2D eigenvalue weighted by Crippen LogP contribution is 2.30. The largest absolute Gasteiger partial charge is 0.356 e. The van der Waals surface area contributed by atoms with Gasteiger partial charge in [-0.25, -0.2) is 0 Å². The minimum Gasteiger partial charge on any atom is -0.356 e. The van der Waals surface area contributed by atoms with Crippen molar-refractivity contribution in [1.29, 1.82) is 0 Å². The number of carbonyl (C=O) groups excluding carboxylic acids is 2. The molecule has 0 aliphatic rings. The smallest absolute Gasteiger partial charge is 0.220 e. The van der Waals surface area contributed by atoms with Crippen LogP contribution in [-0.4, -0.2) is 58.0 Å². The lowest BCUT2D eigenvalue weighted by Crippen LogP contribution is -2.28. The molecule has 612 valence electrons. The summed E-state index contributed by atoms with van der Waals surface area (Å²) in [6.45, 7) is 74.6. The van der Waals surface area contributed by atoms with Gasteiger partial charge in [-0.05, 0) is 148 Å². The molecule has 0 aromatic carbocycles. The number of Topliss-reactive ketones (excluding diaryl/α,β-unsaturated/α-hetero) is 1. The molecular formula is C94H179N9O2. The van der Waals surface area contributed by atoms with E-state index in [9.17, 15) is 9.59 Å². The second-order valence-corrected chi connectivity index (χ2v) is 42.9. The van der Waals surface area contributed by atoms with Crippen LogP contribution in [0.4, 0.5) is 0 Å². The maximum absolute atomic E-state index is 11.8. The van der Waals surface area contributed by atoms with Gasteiger partial charge >= 0.3 is 0 Å². The third-order valence-corrected chi connectivity index (χ3v) is 18.5. The number of nitrogens with zero attached hydrogens (tertiary/aromatic N) is 8. The van der Waals surface area contributed by atoms with Gasteiger partial charge in [0.15, 0.2) is 0 Å². The molecule has 11 nitrogen and oxygen atoms in total. The Morgan fingerprint density at radius 3 is 1.23 bits per heavy atom. The highest BCUT2D eigenvalue weighted by molar-refractivity contribution is 5.83. The molecule has 0 unspecified atom stereocenters. The molecule has 0 spiro atoms. The van der Waals surface area contributed by atoms with Gasteiger partial charge in [0.2, 0.25) is 5.91 Å². The minimum atomic E-state index is -0.178. The maximum atomic E-state index is 11.8. The Kier molecular flexibility index (Phi) is 51.9. The van der Waals surface area contributed by atoms with Crippen LogP contribution in [0.25, 0.3) is 0 Å². The number of nitrogens with one attached hydrogen (secondary N) is 1. The normalized spacial score (nSPS) is 12.6. The van der Waals surface area contributed by atoms with Crippen molar-refractivity contribution in [2.24, 2.45) is 48.7 Å². The topological polar surface area (TPSA) is 125 Å². The van der Waals surface area contributed by atoms with Crippen LogP contribution in [0, 0.1) is 60.6 Å². The summed E-state index contributed by atoms with van der Waals surface area (Å²) in [6.07, 6.45) is 52.1. The van der Waals surface area contributed by atoms with Crippen LogP contribution in [0.2, 0.25) is 0 Å². The molecule has 3 aromatic rings. The highest BCUT2D eigenvalue weighted by Gasteiger charge is 2.22. The van der Waals surface area contributed by atoms with Gasteiger partial charge in [0.1, 0.15) is 5.78 Å². The van der Waals surface area contributed by atoms with Crippen molar-refractivity contribution in [1.82, 2.24) is 45.1 Å². The molecule has 0 radical (unpaired) electrons. The van der Waals surface area contributed by atoms with Gasteiger partial charge in [0.25, 0.3) is 0 Å². The first-order chi connectivity index (χ1) is 48.2. The zero-order chi connectivity index (χ0) is 80.7. The van der Waals surface area contributed by atoms with E-state index in [2.05, 4.69) is 260 Å². The summed E-state index contributed by atoms with van der Waals surface area (Å²) in [5.41, 5.74) is 7.50. The van der Waals surface area contributed by atoms with Crippen molar-refractivity contribution in [3.05, 3.63) is 53.9 Å². The van der Waals surface area contributed by atoms with Crippen molar-refractivity contribution in [2.45, 2.75) is 470 Å². The number of amides is 1. The molecule has 3 heterocycles. The lowest BCUT2D eigenvalue weighted by molar-refractivity contribution is -0.126. The Morgan fingerprint density at radius 1 is 0.419 bits per heavy atom. The SMILES string of the molecule is C=C(CCCCCCCCCCC(C)(C)C)C(C)(C)C.CC(C)(C)C#CCCCCn1cc(CC(C)(C)C)nn1.CC(C)(C)CC(=O)NCCCCCCCCCCC(=O)C(C)(C)C.CC(C)(C)CCCCCCCn1cc(C(C)(C)C)nn1.CC(C)(C)CCCCCCCn1nccc1CC(C)(C)C. The van der Waals surface area contributed by atoms with Crippen molar-refractivity contribution in [2.75, 3.05) is 6.54 Å². The Morgan fingerprint density at radius 2 is 0.819 bits per heavy atom. The van der Waals surface area contributed by atoms with Crippen LogP contribution in [0.5, 0.6) is 0 Å². The van der Waals surface area contributed by atoms with Crippen molar-refractivity contribution >= 4 is 11.7 Å². The predicted molar refractivity (Wildman–Crippen MR) is 460 cm³/mol. The minimum absolute atomic E-state index is 0.0710. The number of hydrogen-bond acceptors (Lipinski definition) is 7. The van der Waals surface area contributed by atoms with Crippen LogP contribution in [0.15, 0.2) is 36.8 Å². The lowest BCUT2D eigenvalue weighted by Gasteiger charge is -2.21. The first-order valence-corrected chi connectivity index (χ1v) is 43.0. The van der Waals surface area contributed by atoms with Crippen LogP contribution >= 0.6 is 0 Å². The quantitative estimate of drug-likeness (QED) is 0.0340. The molecule has 0 aliphatic heterocycles. The summed E-state index contributed by atoms with van der Waals surface area (Å²) in [7, 11) is 0. The Hall–Kier alpha value is -4.07. The summed E-state index contributed by atoms with van der Waals surface area (Å²) in [5, 5.41) is 24.4. The zero-order valence-electron chi connectivity index (χ0n) is 75.9. The number of ketones is 1. The van der Waals surface area contributed by atoms with E-state index in [1.54, 1.807) is 0 Å². The molecule has 0 bridgehead atoms. The first kappa shape index (κ1) is 103. The van der Waals surface area contributed by atoms with E-state index in [4.69, 9.17) is 0 Å². The Balaban J connectivity index is 0. The zero-order valence-corrected chi connectivity index (χ0v) is 75.9. The lowest BCUT2D eigenvalue weighted by atomic mass is 9.84. The highest BCUT2D eigenvalue weighted by atomic mass is 16.1. The van der Waals surface area contributed by atoms with E-state index < -0.39 is 0 Å². The number of unbranched alkanes of at least 4 members (excludes halogenated alkanes) is 24. The monoisotopic (exact) mass is 1470 g/mol. The molecule has 0 aliphatic carbocycles. The second kappa shape index (κ2) is 52.9. The van der Waals surface area contributed by atoms with Crippen molar-refractivity contribution in [3.63, 3.8) is 0 Å². The molecule has 0 saturated carbocycles. The van der Waals surface area contributed by atoms with Crippen molar-refractivity contribution < 1.29 is 9.59 Å². The summed E-state index contributed by atoms with van der Waals surface area (Å²) >= 11 is 0. The summed E-state index contributed by atoms with van der Waals surface area (Å²) < 4.78 is 6.16. The Bertz CT molecular complexity index is 2710. The average molecular weight is 1470 g/mol. The molecule has 3 rings (SSSR count). The van der Waals surface area contributed by atoms with Crippen LogP contribution in [0.1, 0.15) is 450 Å². The van der Waals surface area contributed by atoms with E-state index in [0.717, 1.165) is 88.9 Å². The van der Waals surface area contributed by atoms with Gasteiger partial charge in [-0.2, -0.15) is 5.10 Å². The average Bonchev–Trinajstić information content (AvgIpc) is 1.74. The third-order valence-electron chi connectivity index (χ3n) is 18.5. The van der Waals surface area contributed by atoms with Gasteiger partial charge in [0.05, 0.1) is 11.4 Å². The molecule has 3 aromatic heterocycles. The molecule has 105 heavy (non-hydrogen) atoms. The van der Waals surface area contributed by atoms with Crippen LogP contribution in [0.3, 0.4) is 0 Å². The number of allylic oxidation sites excluding steroid dienone is 1. The predicted octanol–water partition coefficient (Wildman–Crippen LogP) is 28.1.